The number of hydrogen-bond acceptors (Lipinski definition) is 12. The van der Waals surface area contributed by atoms with Crippen molar-refractivity contribution in [2.24, 2.45) is 5.73 Å². The van der Waals surface area contributed by atoms with Crippen molar-refractivity contribution in [3.63, 3.8) is 0 Å². The number of rotatable bonds is 44. The highest BCUT2D eigenvalue weighted by Crippen LogP contribution is 2.14. The molecule has 0 unspecified atom stereocenters. The molecular formula is C41H74BN5O12. The van der Waals surface area contributed by atoms with Gasteiger partial charge in [-0.2, -0.15) is 0 Å². The molecule has 0 bridgehead atoms. The summed E-state index contributed by atoms with van der Waals surface area (Å²) in [5.74, 6) is -2.43. The molecule has 0 aliphatic rings. The highest BCUT2D eigenvalue weighted by molar-refractivity contribution is 6.59. The summed E-state index contributed by atoms with van der Waals surface area (Å²) in [6.45, 7) is 1.95. The van der Waals surface area contributed by atoms with Crippen molar-refractivity contribution in [1.29, 1.82) is 0 Å². The predicted octanol–water partition coefficient (Wildman–Crippen LogP) is 2.38. The SMILES string of the molecule is [B]C(=O)[C@@H](N)CCCCNC(=O)COCCOCCNC(=O)COCCOCCNC(=O)CC[C@H](NC(=O)CCCCCCCCCCCCCCCCC=O)C(=O)O. The average Bonchev–Trinajstić information content (AvgIpc) is 3.20. The fourth-order valence-corrected chi connectivity index (χ4v) is 5.78. The van der Waals surface area contributed by atoms with Gasteiger partial charge in [-0.25, -0.2) is 4.79 Å². The Balaban J connectivity index is 3.65. The van der Waals surface area contributed by atoms with E-state index in [1.54, 1.807) is 0 Å². The third-order valence-corrected chi connectivity index (χ3v) is 9.25. The Morgan fingerprint density at radius 2 is 0.983 bits per heavy atom. The summed E-state index contributed by atoms with van der Waals surface area (Å²) in [6, 6.07) is -1.81. The van der Waals surface area contributed by atoms with Crippen LogP contribution in [-0.2, 0) is 52.5 Å². The van der Waals surface area contributed by atoms with E-state index in [2.05, 4.69) is 21.3 Å². The maximum absolute atomic E-state index is 12.3. The first kappa shape index (κ1) is 55.6. The van der Waals surface area contributed by atoms with E-state index in [4.69, 9.17) is 32.5 Å². The summed E-state index contributed by atoms with van der Waals surface area (Å²) < 4.78 is 21.3. The standard InChI is InChI=1S/C41H74BN5O12/c42-40(53)34(43)18-15-16-22-44-38(51)32-58-30-29-57-27-24-46-39(52)33-59-31-28-56-26-23-45-36(49)21-20-35(41(54)55)47-37(50)19-14-12-10-8-6-4-2-1-3-5-7-9-11-13-17-25-48/h25,34-35H,1-24,26-33,43H2,(H,44,51)(H,45,49)(H,46,52)(H,47,50)(H,54,55)/t34-,35-/m0/s1. The van der Waals surface area contributed by atoms with Crippen molar-refractivity contribution in [3.05, 3.63) is 0 Å². The van der Waals surface area contributed by atoms with Crippen LogP contribution in [0.2, 0.25) is 0 Å². The first-order valence-electron chi connectivity index (χ1n) is 21.7. The predicted molar refractivity (Wildman–Crippen MR) is 224 cm³/mol. The molecule has 0 aliphatic heterocycles. The van der Waals surface area contributed by atoms with Crippen molar-refractivity contribution in [3.8, 4) is 0 Å². The lowest BCUT2D eigenvalue weighted by atomic mass is 9.92. The first-order chi connectivity index (χ1) is 28.6. The summed E-state index contributed by atoms with van der Waals surface area (Å²) in [5.41, 5.74) is 5.00. The van der Waals surface area contributed by atoms with Crippen LogP contribution < -0.4 is 27.0 Å². The van der Waals surface area contributed by atoms with Crippen LogP contribution in [0.3, 0.4) is 0 Å². The van der Waals surface area contributed by atoms with E-state index >= 15 is 0 Å². The summed E-state index contributed by atoms with van der Waals surface area (Å²) in [7, 11) is 5.10. The quantitative estimate of drug-likeness (QED) is 0.0293. The van der Waals surface area contributed by atoms with Gasteiger partial charge in [0.2, 0.25) is 23.6 Å². The molecule has 17 nitrogen and oxygen atoms in total. The van der Waals surface area contributed by atoms with E-state index < -0.39 is 23.7 Å². The molecule has 0 heterocycles. The second kappa shape index (κ2) is 41.3. The molecule has 0 aromatic carbocycles. The van der Waals surface area contributed by atoms with Gasteiger partial charge in [0.25, 0.3) is 0 Å². The van der Waals surface area contributed by atoms with E-state index in [0.717, 1.165) is 38.4 Å². The van der Waals surface area contributed by atoms with Gasteiger partial charge in [-0.05, 0) is 38.5 Å². The zero-order chi connectivity index (χ0) is 43.6. The molecule has 2 atom stereocenters. The van der Waals surface area contributed by atoms with Crippen LogP contribution in [0.15, 0.2) is 0 Å². The minimum atomic E-state index is -1.18. The zero-order valence-electron chi connectivity index (χ0n) is 35.5. The minimum Gasteiger partial charge on any atom is -0.480 e. The second-order valence-corrected chi connectivity index (χ2v) is 14.5. The van der Waals surface area contributed by atoms with Crippen molar-refractivity contribution >= 4 is 49.4 Å². The highest BCUT2D eigenvalue weighted by atomic mass is 16.5. The molecule has 0 saturated carbocycles. The molecule has 18 heteroatoms. The molecule has 0 aliphatic carbocycles. The number of aliphatic carboxylic acids is 1. The van der Waals surface area contributed by atoms with Gasteiger partial charge in [-0.15, -0.1) is 0 Å². The van der Waals surface area contributed by atoms with E-state index in [0.29, 0.717) is 38.6 Å². The van der Waals surface area contributed by atoms with Crippen LogP contribution >= 0.6 is 0 Å². The Morgan fingerprint density at radius 1 is 0.525 bits per heavy atom. The Bertz CT molecular complexity index is 1140. The number of nitrogens with one attached hydrogen (secondary N) is 4. The van der Waals surface area contributed by atoms with Gasteiger partial charge in [0, 0.05) is 38.9 Å². The fraction of sp³-hybridized carbons (Fsp3) is 0.829. The normalized spacial score (nSPS) is 12.0. The third-order valence-electron chi connectivity index (χ3n) is 9.25. The second-order valence-electron chi connectivity index (χ2n) is 14.5. The molecule has 0 fully saturated rings. The van der Waals surface area contributed by atoms with Gasteiger partial charge < -0.3 is 60.6 Å². The topological polar surface area (TPSA) is 251 Å². The summed E-state index contributed by atoms with van der Waals surface area (Å²) in [5, 5.41) is 20.0. The summed E-state index contributed by atoms with van der Waals surface area (Å²) in [4.78, 5) is 80.9. The lowest BCUT2D eigenvalue weighted by Crippen LogP contribution is -2.41. The van der Waals surface area contributed by atoms with Gasteiger partial charge >= 0.3 is 5.97 Å². The minimum absolute atomic E-state index is 0.0209. The van der Waals surface area contributed by atoms with Gasteiger partial charge in [0.1, 0.15) is 25.5 Å². The van der Waals surface area contributed by atoms with Crippen molar-refractivity contribution < 1.29 is 57.6 Å². The van der Waals surface area contributed by atoms with Crippen LogP contribution in [0.5, 0.6) is 0 Å². The van der Waals surface area contributed by atoms with Gasteiger partial charge in [-0.1, -0.05) is 77.0 Å². The van der Waals surface area contributed by atoms with Crippen molar-refractivity contribution in [2.45, 2.75) is 147 Å². The van der Waals surface area contributed by atoms with E-state index in [1.165, 1.54) is 51.4 Å². The smallest absolute Gasteiger partial charge is 0.326 e. The molecule has 0 aromatic rings. The maximum Gasteiger partial charge on any atom is 0.326 e. The van der Waals surface area contributed by atoms with Gasteiger partial charge in [-0.3, -0.25) is 19.2 Å². The third kappa shape index (κ3) is 39.8. The zero-order valence-corrected chi connectivity index (χ0v) is 35.5. The Morgan fingerprint density at radius 3 is 1.47 bits per heavy atom. The number of carboxylic acids is 1. The highest BCUT2D eigenvalue weighted by Gasteiger charge is 2.21. The Labute approximate surface area is 352 Å². The molecule has 4 amide bonds. The van der Waals surface area contributed by atoms with E-state index in [-0.39, 0.29) is 109 Å². The maximum atomic E-state index is 12.3. The number of unbranched alkanes of at least 4 members (excludes halogenated alkanes) is 15. The molecule has 0 spiro atoms. The Hall–Kier alpha value is -3.45. The van der Waals surface area contributed by atoms with Crippen LogP contribution in [0, 0.1) is 0 Å². The van der Waals surface area contributed by atoms with Crippen LogP contribution in [0.1, 0.15) is 135 Å². The van der Waals surface area contributed by atoms with E-state index in [1.807, 2.05) is 0 Å². The average molecular weight is 840 g/mol. The Kier molecular flexibility index (Phi) is 38.9. The number of aldehydes is 1. The monoisotopic (exact) mass is 840 g/mol. The molecule has 2 radical (unpaired) electrons. The number of amides is 4. The largest absolute Gasteiger partial charge is 0.480 e. The lowest BCUT2D eigenvalue weighted by molar-refractivity contribution is -0.142. The van der Waals surface area contributed by atoms with Crippen LogP contribution in [0.4, 0.5) is 0 Å². The van der Waals surface area contributed by atoms with Crippen LogP contribution in [0.25, 0.3) is 0 Å². The number of hydrogen-bond donors (Lipinski definition) is 6. The number of carbonyl (C=O) groups is 7. The molecule has 0 aromatic heterocycles. The number of carboxylic acid groups (broad SMARTS) is 1. The van der Waals surface area contributed by atoms with Crippen molar-refractivity contribution in [2.75, 3.05) is 72.5 Å². The van der Waals surface area contributed by atoms with E-state index in [9.17, 15) is 38.7 Å². The number of carbonyl (C=O) groups excluding carboxylic acids is 6. The van der Waals surface area contributed by atoms with Crippen molar-refractivity contribution in [1.82, 2.24) is 21.3 Å². The molecule has 7 N–H and O–H groups in total. The number of nitrogens with two attached hydrogens (primary N) is 1. The lowest BCUT2D eigenvalue weighted by Gasteiger charge is -2.14. The molecule has 338 valence electrons. The van der Waals surface area contributed by atoms with Gasteiger partial charge in [0.05, 0.1) is 51.4 Å². The first-order valence-corrected chi connectivity index (χ1v) is 21.7. The summed E-state index contributed by atoms with van der Waals surface area (Å²) in [6.07, 6.45) is 19.6. The summed E-state index contributed by atoms with van der Waals surface area (Å²) >= 11 is 0. The van der Waals surface area contributed by atoms with Crippen LogP contribution in [-0.4, -0.2) is 139 Å². The molecule has 0 saturated heterocycles. The number of ether oxygens (including phenoxy) is 4. The molecule has 59 heavy (non-hydrogen) atoms. The fourth-order valence-electron chi connectivity index (χ4n) is 5.78. The molecule has 0 rings (SSSR count). The van der Waals surface area contributed by atoms with Gasteiger partial charge in [0.15, 0.2) is 7.85 Å². The molecular weight excluding hydrogens is 765 g/mol.